The Bertz CT molecular complexity index is 856. The lowest BCUT2D eigenvalue weighted by atomic mass is 9.96. The molecule has 2 heterocycles. The summed E-state index contributed by atoms with van der Waals surface area (Å²) in [6.45, 7) is 0. The number of anilines is 1. The second-order valence-corrected chi connectivity index (χ2v) is 9.01. The summed E-state index contributed by atoms with van der Waals surface area (Å²) in [6.07, 6.45) is 8.63. The zero-order valence-electron chi connectivity index (χ0n) is 14.9. The van der Waals surface area contributed by atoms with E-state index < -0.39 is 5.91 Å². The number of hydrogen-bond acceptors (Lipinski definition) is 7. The molecule has 0 unspecified atom stereocenters. The number of aryl methyl sites for hydroxylation is 1. The summed E-state index contributed by atoms with van der Waals surface area (Å²) in [5.41, 5.74) is 7.04. The molecule has 0 aromatic carbocycles. The first-order valence-electron chi connectivity index (χ1n) is 9.28. The molecule has 2 aromatic heterocycles. The molecule has 0 atom stereocenters. The standard InChI is InChI=1S/C17H22N6O2S2/c18-15(25)14-11-7-4-8-12(11)27-16(14)19-13(24)9-26-17-20-21-22-23(17)10-5-2-1-3-6-10/h10H,1-9H2,(H2,18,25)(H,19,24). The summed E-state index contributed by atoms with van der Waals surface area (Å²) in [5, 5.41) is 16.1. The summed E-state index contributed by atoms with van der Waals surface area (Å²) in [5.74, 6) is -0.465. The number of tetrazole rings is 1. The Balaban J connectivity index is 1.40. The fourth-order valence-electron chi connectivity index (χ4n) is 3.88. The Labute approximate surface area is 165 Å². The number of nitrogens with one attached hydrogen (secondary N) is 1. The summed E-state index contributed by atoms with van der Waals surface area (Å²) in [4.78, 5) is 25.4. The number of fused-ring (bicyclic) bond motifs is 1. The highest BCUT2D eigenvalue weighted by atomic mass is 32.2. The molecule has 2 aromatic rings. The van der Waals surface area contributed by atoms with Crippen molar-refractivity contribution in [3.63, 3.8) is 0 Å². The Morgan fingerprint density at radius 1 is 1.22 bits per heavy atom. The van der Waals surface area contributed by atoms with Gasteiger partial charge in [-0.25, -0.2) is 4.68 Å². The zero-order valence-corrected chi connectivity index (χ0v) is 16.6. The molecule has 10 heteroatoms. The first kappa shape index (κ1) is 18.4. The van der Waals surface area contributed by atoms with Crippen LogP contribution >= 0.6 is 23.1 Å². The fraction of sp³-hybridized carbons (Fsp3) is 0.588. The minimum absolute atomic E-state index is 0.180. The van der Waals surface area contributed by atoms with Crippen LogP contribution in [0.3, 0.4) is 0 Å². The number of nitrogens with two attached hydrogens (primary N) is 1. The minimum atomic E-state index is -0.474. The molecule has 4 rings (SSSR count). The third-order valence-corrected chi connectivity index (χ3v) is 7.28. The first-order chi connectivity index (χ1) is 13.1. The van der Waals surface area contributed by atoms with Crippen molar-refractivity contribution in [1.29, 1.82) is 0 Å². The number of primary amides is 1. The maximum Gasteiger partial charge on any atom is 0.251 e. The van der Waals surface area contributed by atoms with E-state index in [1.807, 2.05) is 4.68 Å². The van der Waals surface area contributed by atoms with Gasteiger partial charge < -0.3 is 11.1 Å². The van der Waals surface area contributed by atoms with E-state index in [1.165, 1.54) is 42.4 Å². The van der Waals surface area contributed by atoms with Crippen molar-refractivity contribution in [2.45, 2.75) is 62.6 Å². The largest absolute Gasteiger partial charge is 0.365 e. The Morgan fingerprint density at radius 2 is 2.04 bits per heavy atom. The van der Waals surface area contributed by atoms with E-state index in [0.717, 1.165) is 42.5 Å². The van der Waals surface area contributed by atoms with Gasteiger partial charge in [-0.2, -0.15) is 0 Å². The number of nitrogens with zero attached hydrogens (tertiary/aromatic N) is 4. The molecule has 0 spiro atoms. The van der Waals surface area contributed by atoms with Crippen molar-refractivity contribution in [3.8, 4) is 0 Å². The van der Waals surface area contributed by atoms with Crippen molar-refractivity contribution in [2.75, 3.05) is 11.1 Å². The molecule has 1 fully saturated rings. The third-order valence-electron chi connectivity index (χ3n) is 5.14. The van der Waals surface area contributed by atoms with Crippen LogP contribution in [0, 0.1) is 0 Å². The molecule has 2 amide bonds. The molecule has 144 valence electrons. The summed E-state index contributed by atoms with van der Waals surface area (Å²) in [6, 6.07) is 0.320. The molecule has 8 nitrogen and oxygen atoms in total. The van der Waals surface area contributed by atoms with Crippen molar-refractivity contribution >= 4 is 39.9 Å². The molecule has 3 N–H and O–H groups in total. The van der Waals surface area contributed by atoms with Crippen LogP contribution in [0.5, 0.6) is 0 Å². The zero-order chi connectivity index (χ0) is 18.8. The van der Waals surface area contributed by atoms with Crippen LogP contribution in [0.25, 0.3) is 0 Å². The monoisotopic (exact) mass is 406 g/mol. The topological polar surface area (TPSA) is 116 Å². The lowest BCUT2D eigenvalue weighted by Crippen LogP contribution is -2.19. The maximum absolute atomic E-state index is 12.4. The van der Waals surface area contributed by atoms with Gasteiger partial charge in [-0.05, 0) is 48.1 Å². The number of thioether (sulfide) groups is 1. The predicted octanol–water partition coefficient (Wildman–Crippen LogP) is 2.56. The highest BCUT2D eigenvalue weighted by Crippen LogP contribution is 2.39. The highest BCUT2D eigenvalue weighted by molar-refractivity contribution is 7.99. The maximum atomic E-state index is 12.4. The van der Waals surface area contributed by atoms with Gasteiger partial charge in [0.2, 0.25) is 11.1 Å². The van der Waals surface area contributed by atoms with Gasteiger partial charge in [0, 0.05) is 4.88 Å². The van der Waals surface area contributed by atoms with Crippen LogP contribution in [-0.4, -0.2) is 37.8 Å². The van der Waals surface area contributed by atoms with Crippen LogP contribution < -0.4 is 11.1 Å². The van der Waals surface area contributed by atoms with E-state index in [-0.39, 0.29) is 11.7 Å². The first-order valence-corrected chi connectivity index (χ1v) is 11.1. The lowest BCUT2D eigenvalue weighted by Gasteiger charge is -2.21. The van der Waals surface area contributed by atoms with Gasteiger partial charge in [-0.3, -0.25) is 9.59 Å². The molecule has 1 saturated carbocycles. The number of carbonyl (C=O) groups excluding carboxylic acids is 2. The second-order valence-electron chi connectivity index (χ2n) is 6.96. The summed E-state index contributed by atoms with van der Waals surface area (Å²) >= 11 is 2.79. The Morgan fingerprint density at radius 3 is 2.81 bits per heavy atom. The minimum Gasteiger partial charge on any atom is -0.365 e. The van der Waals surface area contributed by atoms with E-state index in [4.69, 9.17) is 5.73 Å². The number of aromatic nitrogens is 4. The molecule has 0 saturated heterocycles. The van der Waals surface area contributed by atoms with Crippen LogP contribution in [0.15, 0.2) is 5.16 Å². The highest BCUT2D eigenvalue weighted by Gasteiger charge is 2.26. The van der Waals surface area contributed by atoms with Crippen molar-refractivity contribution in [3.05, 3.63) is 16.0 Å². The van der Waals surface area contributed by atoms with Crippen LogP contribution in [-0.2, 0) is 17.6 Å². The number of carbonyl (C=O) groups is 2. The fourth-order valence-corrected chi connectivity index (χ4v) is 5.94. The van der Waals surface area contributed by atoms with Crippen LogP contribution in [0.4, 0.5) is 5.00 Å². The average molecular weight is 407 g/mol. The van der Waals surface area contributed by atoms with Gasteiger partial charge >= 0.3 is 0 Å². The Hall–Kier alpha value is -1.94. The van der Waals surface area contributed by atoms with Crippen molar-refractivity contribution < 1.29 is 9.59 Å². The van der Waals surface area contributed by atoms with Crippen LogP contribution in [0.2, 0.25) is 0 Å². The number of hydrogen-bond donors (Lipinski definition) is 2. The van der Waals surface area contributed by atoms with Gasteiger partial charge in [0.1, 0.15) is 5.00 Å². The van der Waals surface area contributed by atoms with Gasteiger partial charge in [-0.15, -0.1) is 16.4 Å². The normalized spacial score (nSPS) is 17.0. The van der Waals surface area contributed by atoms with Gasteiger partial charge in [-0.1, -0.05) is 31.0 Å². The van der Waals surface area contributed by atoms with E-state index in [1.54, 1.807) is 0 Å². The molecule has 2 aliphatic rings. The van der Waals surface area contributed by atoms with E-state index in [0.29, 0.717) is 21.8 Å². The molecular formula is C17H22N6O2S2. The van der Waals surface area contributed by atoms with Gasteiger partial charge in [0.25, 0.3) is 5.91 Å². The second kappa shape index (κ2) is 7.97. The predicted molar refractivity (Wildman–Crippen MR) is 104 cm³/mol. The Kier molecular flexibility index (Phi) is 5.44. The molecule has 0 aliphatic heterocycles. The van der Waals surface area contributed by atoms with Gasteiger partial charge in [0.05, 0.1) is 17.4 Å². The molecular weight excluding hydrogens is 384 g/mol. The summed E-state index contributed by atoms with van der Waals surface area (Å²) < 4.78 is 1.85. The molecule has 27 heavy (non-hydrogen) atoms. The van der Waals surface area contributed by atoms with E-state index in [9.17, 15) is 9.59 Å². The molecule has 0 radical (unpaired) electrons. The number of thiophene rings is 1. The lowest BCUT2D eigenvalue weighted by molar-refractivity contribution is -0.113. The van der Waals surface area contributed by atoms with Crippen LogP contribution in [0.1, 0.15) is 65.4 Å². The quantitative estimate of drug-likeness (QED) is 0.712. The third kappa shape index (κ3) is 3.86. The molecule has 2 aliphatic carbocycles. The van der Waals surface area contributed by atoms with Gasteiger partial charge in [0.15, 0.2) is 0 Å². The van der Waals surface area contributed by atoms with E-state index >= 15 is 0 Å². The average Bonchev–Trinajstić information content (AvgIpc) is 3.36. The number of amides is 2. The SMILES string of the molecule is NC(=O)c1c(NC(=O)CSc2nnnn2C2CCCCC2)sc2c1CCC2. The van der Waals surface area contributed by atoms with Crippen molar-refractivity contribution in [2.24, 2.45) is 5.73 Å². The van der Waals surface area contributed by atoms with Crippen molar-refractivity contribution in [1.82, 2.24) is 20.2 Å². The smallest absolute Gasteiger partial charge is 0.251 e. The molecule has 0 bridgehead atoms. The summed E-state index contributed by atoms with van der Waals surface area (Å²) in [7, 11) is 0. The van der Waals surface area contributed by atoms with E-state index in [2.05, 4.69) is 20.8 Å². The number of rotatable bonds is 6.